The molecule has 104 valence electrons. The van der Waals surface area contributed by atoms with Gasteiger partial charge in [-0.25, -0.2) is 0 Å². The number of likely N-dealkylation sites (N-methyl/N-ethyl adjacent to an activating group) is 1. The number of carbonyl (C=O) groups is 1. The maximum atomic E-state index is 11.5. The maximum Gasteiger partial charge on any atom is 0.305 e. The van der Waals surface area contributed by atoms with Crippen LogP contribution in [0.4, 0.5) is 0 Å². The average molecular weight is 261 g/mol. The number of ether oxygens (including phenoxy) is 1. The second-order valence-corrected chi connectivity index (χ2v) is 5.63. The largest absolute Gasteiger partial charge is 0.465 e. The maximum absolute atomic E-state index is 11.5. The summed E-state index contributed by atoms with van der Waals surface area (Å²) < 4.78 is 5.46. The summed E-state index contributed by atoms with van der Waals surface area (Å²) in [4.78, 5) is 13.8. The minimum Gasteiger partial charge on any atom is -0.465 e. The van der Waals surface area contributed by atoms with Crippen molar-refractivity contribution in [2.24, 2.45) is 0 Å². The molecule has 0 spiro atoms. The predicted molar refractivity (Wildman–Crippen MR) is 76.1 cm³/mol. The molecule has 1 heterocycles. The van der Waals surface area contributed by atoms with E-state index >= 15 is 0 Å². The van der Waals surface area contributed by atoms with Crippen LogP contribution in [0.15, 0.2) is 30.3 Å². The Hall–Kier alpha value is -1.35. The first-order chi connectivity index (χ1) is 9.07. The zero-order chi connectivity index (χ0) is 13.9. The number of benzene rings is 1. The third-order valence-electron chi connectivity index (χ3n) is 4.17. The van der Waals surface area contributed by atoms with Gasteiger partial charge < -0.3 is 9.64 Å². The Bertz CT molecular complexity index is 420. The molecule has 0 bridgehead atoms. The van der Waals surface area contributed by atoms with Crippen molar-refractivity contribution >= 4 is 5.97 Å². The Morgan fingerprint density at radius 2 is 2.11 bits per heavy atom. The summed E-state index contributed by atoms with van der Waals surface area (Å²) in [5.41, 5.74) is 1.22. The lowest BCUT2D eigenvalue weighted by atomic mass is 9.79. The van der Waals surface area contributed by atoms with Gasteiger partial charge in [-0.1, -0.05) is 37.3 Å². The van der Waals surface area contributed by atoms with Gasteiger partial charge in [0, 0.05) is 24.4 Å². The summed E-state index contributed by atoms with van der Waals surface area (Å²) in [6, 6.07) is 10.9. The molecule has 3 nitrogen and oxygen atoms in total. The summed E-state index contributed by atoms with van der Waals surface area (Å²) in [7, 11) is 2.14. The van der Waals surface area contributed by atoms with E-state index in [1.54, 1.807) is 0 Å². The van der Waals surface area contributed by atoms with Crippen molar-refractivity contribution in [3.05, 3.63) is 35.9 Å². The van der Waals surface area contributed by atoms with E-state index < -0.39 is 0 Å². The Morgan fingerprint density at radius 3 is 2.63 bits per heavy atom. The molecule has 1 aromatic rings. The van der Waals surface area contributed by atoms with E-state index in [1.165, 1.54) is 5.56 Å². The highest BCUT2D eigenvalue weighted by Crippen LogP contribution is 2.37. The molecule has 2 atom stereocenters. The zero-order valence-corrected chi connectivity index (χ0v) is 12.1. The van der Waals surface area contributed by atoms with Crippen LogP contribution in [0.25, 0.3) is 0 Å². The van der Waals surface area contributed by atoms with Gasteiger partial charge in [-0.05, 0) is 26.0 Å². The van der Waals surface area contributed by atoms with Crippen LogP contribution in [0.1, 0.15) is 32.3 Å². The highest BCUT2D eigenvalue weighted by atomic mass is 16.5. The first-order valence-electron chi connectivity index (χ1n) is 6.99. The highest BCUT2D eigenvalue weighted by molar-refractivity contribution is 5.69. The van der Waals surface area contributed by atoms with E-state index in [9.17, 15) is 4.79 Å². The van der Waals surface area contributed by atoms with Crippen molar-refractivity contribution in [1.29, 1.82) is 0 Å². The summed E-state index contributed by atoms with van der Waals surface area (Å²) in [6.07, 6.45) is 1.47. The smallest absolute Gasteiger partial charge is 0.305 e. The van der Waals surface area contributed by atoms with Crippen molar-refractivity contribution in [1.82, 2.24) is 4.90 Å². The molecule has 3 heteroatoms. The van der Waals surface area contributed by atoms with Crippen LogP contribution in [0, 0.1) is 0 Å². The summed E-state index contributed by atoms with van der Waals surface area (Å²) in [5.74, 6) is -0.113. The molecule has 2 unspecified atom stereocenters. The number of hydrogen-bond acceptors (Lipinski definition) is 3. The Kier molecular flexibility index (Phi) is 4.25. The lowest BCUT2D eigenvalue weighted by molar-refractivity contribution is -0.145. The summed E-state index contributed by atoms with van der Waals surface area (Å²) in [6.45, 7) is 5.49. The number of carbonyl (C=O) groups excluding carboxylic acids is 1. The molecule has 1 aliphatic rings. The van der Waals surface area contributed by atoms with E-state index in [4.69, 9.17) is 4.74 Å². The fraction of sp³-hybridized carbons (Fsp3) is 0.562. The van der Waals surface area contributed by atoms with Crippen LogP contribution in [0.3, 0.4) is 0 Å². The fourth-order valence-electron chi connectivity index (χ4n) is 2.93. The molecule has 0 aromatic heterocycles. The van der Waals surface area contributed by atoms with Gasteiger partial charge in [0.15, 0.2) is 0 Å². The van der Waals surface area contributed by atoms with Gasteiger partial charge in [0.25, 0.3) is 0 Å². The van der Waals surface area contributed by atoms with Crippen LogP contribution in [0.2, 0.25) is 0 Å². The second-order valence-electron chi connectivity index (χ2n) is 5.63. The quantitative estimate of drug-likeness (QED) is 0.780. The molecule has 0 radical (unpaired) electrons. The monoisotopic (exact) mass is 261 g/mol. The third kappa shape index (κ3) is 2.98. The lowest BCUT2D eigenvalue weighted by Crippen LogP contribution is -2.35. The molecule has 0 amide bonds. The molecule has 0 aliphatic carbocycles. The van der Waals surface area contributed by atoms with Gasteiger partial charge in [-0.3, -0.25) is 4.79 Å². The van der Waals surface area contributed by atoms with Crippen molar-refractivity contribution in [2.75, 3.05) is 20.2 Å². The molecule has 0 saturated carbocycles. The second kappa shape index (κ2) is 5.74. The Balaban J connectivity index is 2.22. The van der Waals surface area contributed by atoms with E-state index in [0.717, 1.165) is 13.0 Å². The van der Waals surface area contributed by atoms with Gasteiger partial charge in [0.2, 0.25) is 0 Å². The van der Waals surface area contributed by atoms with Crippen molar-refractivity contribution in [3.63, 3.8) is 0 Å². The highest BCUT2D eigenvalue weighted by Gasteiger charge is 2.43. The van der Waals surface area contributed by atoms with Gasteiger partial charge in [-0.15, -0.1) is 0 Å². The molecular weight excluding hydrogens is 238 g/mol. The van der Waals surface area contributed by atoms with Crippen LogP contribution < -0.4 is 0 Å². The number of rotatable bonds is 4. The van der Waals surface area contributed by atoms with Gasteiger partial charge in [0.05, 0.1) is 0 Å². The van der Waals surface area contributed by atoms with Crippen molar-refractivity contribution in [2.45, 2.75) is 38.1 Å². The van der Waals surface area contributed by atoms with E-state index in [-0.39, 0.29) is 11.4 Å². The van der Waals surface area contributed by atoms with Gasteiger partial charge in [-0.2, -0.15) is 0 Å². The van der Waals surface area contributed by atoms with Crippen molar-refractivity contribution < 1.29 is 9.53 Å². The minimum absolute atomic E-state index is 0.0553. The summed E-state index contributed by atoms with van der Waals surface area (Å²) >= 11 is 0. The van der Waals surface area contributed by atoms with Crippen LogP contribution in [-0.4, -0.2) is 37.1 Å². The number of nitrogens with zero attached hydrogens (tertiary/aromatic N) is 1. The van der Waals surface area contributed by atoms with E-state index in [1.807, 2.05) is 13.0 Å². The summed E-state index contributed by atoms with van der Waals surface area (Å²) in [5, 5.41) is 0. The van der Waals surface area contributed by atoms with Gasteiger partial charge in [0.1, 0.15) is 6.61 Å². The number of esters is 1. The minimum atomic E-state index is -0.113. The molecule has 1 aromatic carbocycles. The predicted octanol–water partition coefficient (Wildman–Crippen LogP) is 2.60. The topological polar surface area (TPSA) is 29.5 Å². The van der Waals surface area contributed by atoms with E-state index in [0.29, 0.717) is 19.1 Å². The number of hydrogen-bond donors (Lipinski definition) is 0. The first-order valence-corrected chi connectivity index (χ1v) is 6.99. The molecule has 1 fully saturated rings. The van der Waals surface area contributed by atoms with Crippen molar-refractivity contribution in [3.8, 4) is 0 Å². The van der Waals surface area contributed by atoms with Crippen LogP contribution in [0.5, 0.6) is 0 Å². The third-order valence-corrected chi connectivity index (χ3v) is 4.17. The normalized spacial score (nSPS) is 27.4. The average Bonchev–Trinajstić information content (AvgIpc) is 2.73. The Morgan fingerprint density at radius 1 is 1.42 bits per heavy atom. The molecular formula is C16H23NO2. The first kappa shape index (κ1) is 14.1. The lowest BCUT2D eigenvalue weighted by Gasteiger charge is -2.29. The fourth-order valence-corrected chi connectivity index (χ4v) is 2.93. The van der Waals surface area contributed by atoms with Crippen LogP contribution >= 0.6 is 0 Å². The van der Waals surface area contributed by atoms with Crippen LogP contribution in [-0.2, 0) is 14.9 Å². The Labute approximate surface area is 115 Å². The molecule has 19 heavy (non-hydrogen) atoms. The zero-order valence-electron chi connectivity index (χ0n) is 12.1. The molecule has 2 rings (SSSR count). The molecule has 1 aliphatic heterocycles. The SMILES string of the molecule is CCC(=O)OCC1(c2ccccc2)CC(C)N(C)C1. The number of likely N-dealkylation sites (tertiary alicyclic amines) is 1. The van der Waals surface area contributed by atoms with E-state index in [2.05, 4.69) is 43.1 Å². The standard InChI is InChI=1S/C16H23NO2/c1-4-15(18)19-12-16(10-13(2)17(3)11-16)14-8-6-5-7-9-14/h5-9,13H,4,10-12H2,1-3H3. The van der Waals surface area contributed by atoms with Gasteiger partial charge >= 0.3 is 5.97 Å². The molecule has 0 N–H and O–H groups in total. The molecule has 1 saturated heterocycles.